The largest absolute Gasteiger partial charge is 0.416 e. The Kier molecular flexibility index (Phi) is 7.26. The van der Waals surface area contributed by atoms with Crippen molar-refractivity contribution in [2.24, 2.45) is 0 Å². The summed E-state index contributed by atoms with van der Waals surface area (Å²) in [6.45, 7) is -0.440. The highest BCUT2D eigenvalue weighted by Crippen LogP contribution is 2.36. The van der Waals surface area contributed by atoms with Crippen LogP contribution >= 0.6 is 11.6 Å². The topological polar surface area (TPSA) is 59.8 Å². The first-order chi connectivity index (χ1) is 17.4. The second-order valence-electron chi connectivity index (χ2n) is 8.00. The van der Waals surface area contributed by atoms with Gasteiger partial charge in [0, 0.05) is 17.1 Å². The third-order valence-corrected chi connectivity index (χ3v) is 5.74. The lowest BCUT2D eigenvalue weighted by Crippen LogP contribution is -2.24. The molecule has 1 amide bonds. The predicted molar refractivity (Wildman–Crippen MR) is 124 cm³/mol. The molecule has 0 saturated heterocycles. The summed E-state index contributed by atoms with van der Waals surface area (Å²) in [6.07, 6.45) is -9.99. The lowest BCUT2D eigenvalue weighted by atomic mass is 10.0. The number of alkyl halides is 6. The number of carbonyl (C=O) groups excluding carboxylic acids is 1. The molecule has 0 bridgehead atoms. The lowest BCUT2D eigenvalue weighted by Gasteiger charge is -2.15. The van der Waals surface area contributed by atoms with Crippen LogP contribution in [0.2, 0.25) is 5.02 Å². The van der Waals surface area contributed by atoms with Crippen molar-refractivity contribution in [3.63, 3.8) is 0 Å². The van der Waals surface area contributed by atoms with E-state index < -0.39 is 35.9 Å². The highest BCUT2D eigenvalue weighted by molar-refractivity contribution is 6.31. The van der Waals surface area contributed by atoms with Gasteiger partial charge in [0.15, 0.2) is 5.69 Å². The van der Waals surface area contributed by atoms with Gasteiger partial charge in [-0.15, -0.1) is 5.10 Å². The van der Waals surface area contributed by atoms with E-state index >= 15 is 0 Å². The molecule has 1 heterocycles. The summed E-state index contributed by atoms with van der Waals surface area (Å²) in [5, 5.41) is 10.9. The van der Waals surface area contributed by atoms with Gasteiger partial charge in [-0.3, -0.25) is 4.79 Å². The van der Waals surface area contributed by atoms with Gasteiger partial charge in [0.25, 0.3) is 5.91 Å². The van der Waals surface area contributed by atoms with Crippen LogP contribution in [0.25, 0.3) is 11.3 Å². The quantitative estimate of drug-likeness (QED) is 0.281. The smallest absolute Gasteiger partial charge is 0.346 e. The van der Waals surface area contributed by atoms with Crippen molar-refractivity contribution in [3.05, 3.63) is 106 Å². The zero-order valence-corrected chi connectivity index (χ0v) is 19.5. The average molecular weight is 539 g/mol. The van der Waals surface area contributed by atoms with Crippen LogP contribution in [0.1, 0.15) is 32.7 Å². The molecule has 4 aromatic rings. The number of hydrogen-bond donors (Lipinski definition) is 1. The van der Waals surface area contributed by atoms with Crippen LogP contribution in [0.3, 0.4) is 0 Å². The van der Waals surface area contributed by atoms with Crippen LogP contribution in [0.4, 0.5) is 26.3 Å². The standard InChI is InChI=1S/C25H17ClF6N4O/c26-20-9-5-4-8-17(20)13-33-23(37)21-22(16-6-2-1-3-7-16)36(35-34-21)14-15-10-18(24(27,28)29)12-19(11-15)25(30,31)32/h1-12H,13-14H2,(H,33,37). The fourth-order valence-electron chi connectivity index (χ4n) is 3.64. The van der Waals surface area contributed by atoms with Crippen LogP contribution in [0.5, 0.6) is 0 Å². The summed E-state index contributed by atoms with van der Waals surface area (Å²) >= 11 is 6.12. The highest BCUT2D eigenvalue weighted by atomic mass is 35.5. The molecule has 0 fully saturated rings. The van der Waals surface area contributed by atoms with Gasteiger partial charge >= 0.3 is 12.4 Å². The molecule has 12 heteroatoms. The zero-order chi connectivity index (χ0) is 26.8. The Morgan fingerprint density at radius 3 is 2.05 bits per heavy atom. The maximum atomic E-state index is 13.3. The number of amides is 1. The molecule has 0 saturated carbocycles. The first-order valence-corrected chi connectivity index (χ1v) is 11.1. The molecule has 0 aliphatic heterocycles. The van der Waals surface area contributed by atoms with E-state index in [9.17, 15) is 31.1 Å². The molecule has 1 aromatic heterocycles. The molecule has 5 nitrogen and oxygen atoms in total. The Morgan fingerprint density at radius 2 is 1.46 bits per heavy atom. The SMILES string of the molecule is O=C(NCc1ccccc1Cl)c1nnn(Cc2cc(C(F)(F)F)cc(C(F)(F)F)c2)c1-c1ccccc1. The lowest BCUT2D eigenvalue weighted by molar-refractivity contribution is -0.143. The van der Waals surface area contributed by atoms with Crippen LogP contribution in [-0.2, 0) is 25.4 Å². The highest BCUT2D eigenvalue weighted by Gasteiger charge is 2.37. The Labute approximate surface area is 211 Å². The minimum absolute atomic E-state index is 0.0521. The molecular formula is C25H17ClF6N4O. The molecule has 192 valence electrons. The molecule has 4 rings (SSSR count). The van der Waals surface area contributed by atoms with Crippen LogP contribution < -0.4 is 5.32 Å². The van der Waals surface area contributed by atoms with E-state index in [1.54, 1.807) is 54.6 Å². The van der Waals surface area contributed by atoms with Crippen LogP contribution in [0, 0.1) is 0 Å². The zero-order valence-electron chi connectivity index (χ0n) is 18.7. The first kappa shape index (κ1) is 26.2. The van der Waals surface area contributed by atoms with Crippen molar-refractivity contribution < 1.29 is 31.1 Å². The number of carbonyl (C=O) groups is 1. The van der Waals surface area contributed by atoms with E-state index in [0.717, 1.165) is 4.68 Å². The van der Waals surface area contributed by atoms with E-state index in [-0.39, 0.29) is 29.6 Å². The van der Waals surface area contributed by atoms with E-state index in [1.165, 1.54) is 0 Å². The van der Waals surface area contributed by atoms with Crippen LogP contribution in [-0.4, -0.2) is 20.9 Å². The minimum Gasteiger partial charge on any atom is -0.346 e. The number of halogens is 7. The number of benzene rings is 3. The average Bonchev–Trinajstić information content (AvgIpc) is 3.26. The molecule has 37 heavy (non-hydrogen) atoms. The molecule has 0 radical (unpaired) electrons. The van der Waals surface area contributed by atoms with Crippen LogP contribution in [0.15, 0.2) is 72.8 Å². The predicted octanol–water partition coefficient (Wildman–Crippen LogP) is 6.61. The second-order valence-corrected chi connectivity index (χ2v) is 8.41. The van der Waals surface area contributed by atoms with Crippen molar-refractivity contribution in [2.75, 3.05) is 0 Å². The van der Waals surface area contributed by atoms with Crippen molar-refractivity contribution in [2.45, 2.75) is 25.4 Å². The van der Waals surface area contributed by atoms with Gasteiger partial charge in [-0.2, -0.15) is 26.3 Å². The van der Waals surface area contributed by atoms with Gasteiger partial charge in [0.1, 0.15) is 5.69 Å². The van der Waals surface area contributed by atoms with E-state index in [0.29, 0.717) is 28.3 Å². The van der Waals surface area contributed by atoms with Gasteiger partial charge in [-0.25, -0.2) is 4.68 Å². The Hall–Kier alpha value is -3.86. The van der Waals surface area contributed by atoms with E-state index in [4.69, 9.17) is 11.6 Å². The fraction of sp³-hybridized carbons (Fsp3) is 0.160. The first-order valence-electron chi connectivity index (χ1n) is 10.7. The molecule has 0 atom stereocenters. The monoisotopic (exact) mass is 538 g/mol. The number of hydrogen-bond acceptors (Lipinski definition) is 3. The molecule has 0 unspecified atom stereocenters. The molecule has 0 spiro atoms. The number of nitrogens with zero attached hydrogens (tertiary/aromatic N) is 3. The van der Waals surface area contributed by atoms with Crippen molar-refractivity contribution in [1.29, 1.82) is 0 Å². The molecular weight excluding hydrogens is 522 g/mol. The van der Waals surface area contributed by atoms with Crippen molar-refractivity contribution in [1.82, 2.24) is 20.3 Å². The molecule has 0 aliphatic carbocycles. The minimum atomic E-state index is -5.00. The van der Waals surface area contributed by atoms with Gasteiger partial charge in [-0.1, -0.05) is 65.3 Å². The summed E-state index contributed by atoms with van der Waals surface area (Å²) < 4.78 is 81.0. The fourth-order valence-corrected chi connectivity index (χ4v) is 3.85. The second kappa shape index (κ2) is 10.3. The number of rotatable bonds is 6. The molecule has 3 aromatic carbocycles. The Bertz CT molecular complexity index is 1380. The van der Waals surface area contributed by atoms with Gasteiger partial charge < -0.3 is 5.32 Å². The maximum Gasteiger partial charge on any atom is 0.416 e. The summed E-state index contributed by atoms with van der Waals surface area (Å²) in [5.74, 6) is -0.648. The maximum absolute atomic E-state index is 13.3. The van der Waals surface area contributed by atoms with E-state index in [2.05, 4.69) is 15.6 Å². The van der Waals surface area contributed by atoms with Gasteiger partial charge in [0.2, 0.25) is 0 Å². The summed E-state index contributed by atoms with van der Waals surface area (Å²) in [5.41, 5.74) is -2.15. The number of nitrogens with one attached hydrogen (secondary N) is 1. The van der Waals surface area contributed by atoms with E-state index in [1.807, 2.05) is 0 Å². The summed E-state index contributed by atoms with van der Waals surface area (Å²) in [6, 6.07) is 16.4. The van der Waals surface area contributed by atoms with Crippen molar-refractivity contribution >= 4 is 17.5 Å². The van der Waals surface area contributed by atoms with Gasteiger partial charge in [0.05, 0.1) is 17.7 Å². The number of aromatic nitrogens is 3. The Balaban J connectivity index is 1.72. The molecule has 1 N–H and O–H groups in total. The summed E-state index contributed by atoms with van der Waals surface area (Å²) in [7, 11) is 0. The van der Waals surface area contributed by atoms with Crippen molar-refractivity contribution in [3.8, 4) is 11.3 Å². The normalized spacial score (nSPS) is 12.0. The summed E-state index contributed by atoms with van der Waals surface area (Å²) in [4.78, 5) is 13.0. The molecule has 0 aliphatic rings. The van der Waals surface area contributed by atoms with Gasteiger partial charge in [-0.05, 0) is 35.4 Å². The third-order valence-electron chi connectivity index (χ3n) is 5.37. The Morgan fingerprint density at radius 1 is 0.865 bits per heavy atom. The third kappa shape index (κ3) is 6.11.